The lowest BCUT2D eigenvalue weighted by molar-refractivity contribution is 0.0993. The Morgan fingerprint density at radius 1 is 1.24 bits per heavy atom. The van der Waals surface area contributed by atoms with E-state index in [1.165, 1.54) is 0 Å². The number of para-hydroxylation sites is 1. The topological polar surface area (TPSA) is 42.1 Å². The van der Waals surface area contributed by atoms with Crippen molar-refractivity contribution in [2.24, 2.45) is 0 Å². The zero-order valence-electron chi connectivity index (χ0n) is 11.5. The number of ketones is 1. The SMILES string of the molecule is COc1ccccc1CC(=O)c1c[nH]c2cc(Cl)ccc12. The number of hydrogen-bond acceptors (Lipinski definition) is 2. The summed E-state index contributed by atoms with van der Waals surface area (Å²) in [5, 5.41) is 1.53. The summed E-state index contributed by atoms with van der Waals surface area (Å²) in [5.41, 5.74) is 2.42. The number of hydrogen-bond donors (Lipinski definition) is 1. The highest BCUT2D eigenvalue weighted by Crippen LogP contribution is 2.25. The largest absolute Gasteiger partial charge is 0.496 e. The fourth-order valence-electron chi connectivity index (χ4n) is 2.45. The fraction of sp³-hybridized carbons (Fsp3) is 0.118. The number of aromatic nitrogens is 1. The lowest BCUT2D eigenvalue weighted by Crippen LogP contribution is -2.04. The zero-order valence-corrected chi connectivity index (χ0v) is 12.3. The monoisotopic (exact) mass is 299 g/mol. The molecule has 2 aromatic carbocycles. The summed E-state index contributed by atoms with van der Waals surface area (Å²) < 4.78 is 5.29. The van der Waals surface area contributed by atoms with Crippen LogP contribution in [0.15, 0.2) is 48.7 Å². The van der Waals surface area contributed by atoms with Crippen LogP contribution in [0.1, 0.15) is 15.9 Å². The maximum atomic E-state index is 12.5. The van der Waals surface area contributed by atoms with Crippen molar-refractivity contribution in [2.45, 2.75) is 6.42 Å². The second-order valence-electron chi connectivity index (χ2n) is 4.80. The number of carbonyl (C=O) groups excluding carboxylic acids is 1. The third kappa shape index (κ3) is 2.65. The van der Waals surface area contributed by atoms with Crippen molar-refractivity contribution in [3.63, 3.8) is 0 Å². The van der Waals surface area contributed by atoms with Crippen LogP contribution in [0.2, 0.25) is 5.02 Å². The minimum absolute atomic E-state index is 0.0491. The van der Waals surface area contributed by atoms with Crippen LogP contribution in [-0.2, 0) is 6.42 Å². The molecule has 0 aliphatic heterocycles. The zero-order chi connectivity index (χ0) is 14.8. The van der Waals surface area contributed by atoms with Crippen LogP contribution in [0.3, 0.4) is 0 Å². The van der Waals surface area contributed by atoms with E-state index in [9.17, 15) is 4.79 Å². The summed E-state index contributed by atoms with van der Waals surface area (Å²) in [6, 6.07) is 13.0. The minimum atomic E-state index is 0.0491. The van der Waals surface area contributed by atoms with Crippen molar-refractivity contribution in [2.75, 3.05) is 7.11 Å². The fourth-order valence-corrected chi connectivity index (χ4v) is 2.62. The number of aromatic amines is 1. The number of nitrogens with one attached hydrogen (secondary N) is 1. The van der Waals surface area contributed by atoms with Gasteiger partial charge in [0.2, 0.25) is 0 Å². The number of H-pyrrole nitrogens is 1. The molecule has 0 atom stereocenters. The summed E-state index contributed by atoms with van der Waals surface area (Å²) in [5.74, 6) is 0.779. The van der Waals surface area contributed by atoms with Crippen molar-refractivity contribution in [3.8, 4) is 5.75 Å². The molecule has 1 heterocycles. The Kier molecular flexibility index (Phi) is 3.67. The molecule has 0 spiro atoms. The summed E-state index contributed by atoms with van der Waals surface area (Å²) in [6.45, 7) is 0. The molecule has 0 bridgehead atoms. The highest BCUT2D eigenvalue weighted by atomic mass is 35.5. The first-order valence-corrected chi connectivity index (χ1v) is 6.98. The molecule has 0 fully saturated rings. The molecule has 1 aromatic heterocycles. The van der Waals surface area contributed by atoms with Gasteiger partial charge in [-0.2, -0.15) is 0 Å². The van der Waals surface area contributed by atoms with Gasteiger partial charge in [-0.25, -0.2) is 0 Å². The van der Waals surface area contributed by atoms with Gasteiger partial charge in [-0.15, -0.1) is 0 Å². The molecule has 106 valence electrons. The minimum Gasteiger partial charge on any atom is -0.496 e. The van der Waals surface area contributed by atoms with Crippen LogP contribution in [-0.4, -0.2) is 17.9 Å². The molecule has 4 heteroatoms. The van der Waals surface area contributed by atoms with Gasteiger partial charge in [-0.05, 0) is 18.2 Å². The van der Waals surface area contributed by atoms with Gasteiger partial charge in [0.1, 0.15) is 5.75 Å². The lowest BCUT2D eigenvalue weighted by Gasteiger charge is -2.07. The average Bonchev–Trinajstić information content (AvgIpc) is 2.90. The smallest absolute Gasteiger partial charge is 0.169 e. The molecular formula is C17H14ClNO2. The Morgan fingerprint density at radius 3 is 2.86 bits per heavy atom. The number of fused-ring (bicyclic) bond motifs is 1. The van der Waals surface area contributed by atoms with Crippen molar-refractivity contribution in [1.82, 2.24) is 4.98 Å². The summed E-state index contributed by atoms with van der Waals surface area (Å²) in [7, 11) is 1.61. The molecule has 0 saturated heterocycles. The molecule has 0 aliphatic rings. The Hall–Kier alpha value is -2.26. The van der Waals surface area contributed by atoms with Crippen LogP contribution >= 0.6 is 11.6 Å². The normalized spacial score (nSPS) is 10.8. The van der Waals surface area contributed by atoms with E-state index < -0.39 is 0 Å². The Bertz CT molecular complexity index is 807. The third-order valence-corrected chi connectivity index (χ3v) is 3.72. The number of benzene rings is 2. The Balaban J connectivity index is 1.94. The molecular weight excluding hydrogens is 286 g/mol. The van der Waals surface area contributed by atoms with Crippen LogP contribution in [0.5, 0.6) is 5.75 Å². The summed E-state index contributed by atoms with van der Waals surface area (Å²) in [6.07, 6.45) is 2.04. The first-order valence-electron chi connectivity index (χ1n) is 6.61. The van der Waals surface area contributed by atoms with Crippen LogP contribution < -0.4 is 4.74 Å². The van der Waals surface area contributed by atoms with E-state index in [0.717, 1.165) is 22.2 Å². The van der Waals surface area contributed by atoms with E-state index in [1.807, 2.05) is 36.4 Å². The van der Waals surface area contributed by atoms with Crippen molar-refractivity contribution in [3.05, 3.63) is 64.8 Å². The first-order chi connectivity index (χ1) is 10.2. The van der Waals surface area contributed by atoms with E-state index in [1.54, 1.807) is 19.4 Å². The maximum Gasteiger partial charge on any atom is 0.169 e. The first kappa shape index (κ1) is 13.7. The molecule has 3 aromatic rings. The second kappa shape index (κ2) is 5.62. The van der Waals surface area contributed by atoms with Gasteiger partial charge in [0, 0.05) is 39.7 Å². The van der Waals surface area contributed by atoms with Gasteiger partial charge in [-0.1, -0.05) is 35.9 Å². The molecule has 1 N–H and O–H groups in total. The Morgan fingerprint density at radius 2 is 2.05 bits per heavy atom. The van der Waals surface area contributed by atoms with E-state index in [-0.39, 0.29) is 5.78 Å². The van der Waals surface area contributed by atoms with Crippen LogP contribution in [0.25, 0.3) is 10.9 Å². The molecule has 3 nitrogen and oxygen atoms in total. The Labute approximate surface area is 127 Å². The average molecular weight is 300 g/mol. The number of halogens is 1. The van der Waals surface area contributed by atoms with E-state index in [4.69, 9.17) is 16.3 Å². The standard InChI is InChI=1S/C17H14ClNO2/c1-21-17-5-3-2-4-11(17)8-16(20)14-10-19-15-9-12(18)6-7-13(14)15/h2-7,9-10,19H,8H2,1H3. The van der Waals surface area contributed by atoms with Gasteiger partial charge in [0.15, 0.2) is 5.78 Å². The molecule has 3 rings (SSSR count). The maximum absolute atomic E-state index is 12.5. The molecule has 0 unspecified atom stereocenters. The van der Waals surface area contributed by atoms with Crippen molar-refractivity contribution >= 4 is 28.3 Å². The number of carbonyl (C=O) groups is 1. The van der Waals surface area contributed by atoms with Gasteiger partial charge < -0.3 is 9.72 Å². The summed E-state index contributed by atoms with van der Waals surface area (Å²) >= 11 is 5.96. The lowest BCUT2D eigenvalue weighted by atomic mass is 10.0. The predicted octanol–water partition coefficient (Wildman–Crippen LogP) is 4.26. The highest BCUT2D eigenvalue weighted by molar-refractivity contribution is 6.31. The van der Waals surface area contributed by atoms with Gasteiger partial charge in [0.25, 0.3) is 0 Å². The van der Waals surface area contributed by atoms with E-state index in [0.29, 0.717) is 17.0 Å². The number of rotatable bonds is 4. The molecule has 21 heavy (non-hydrogen) atoms. The summed E-state index contributed by atoms with van der Waals surface area (Å²) in [4.78, 5) is 15.6. The molecule has 0 amide bonds. The molecule has 0 radical (unpaired) electrons. The number of ether oxygens (including phenoxy) is 1. The van der Waals surface area contributed by atoms with Gasteiger partial charge >= 0.3 is 0 Å². The quantitative estimate of drug-likeness (QED) is 0.732. The number of Topliss-reactive ketones (excluding diaryl/α,β-unsaturated/α-hetero) is 1. The third-order valence-electron chi connectivity index (χ3n) is 3.49. The molecule has 0 saturated carbocycles. The van der Waals surface area contributed by atoms with Crippen molar-refractivity contribution < 1.29 is 9.53 Å². The van der Waals surface area contributed by atoms with Crippen LogP contribution in [0.4, 0.5) is 0 Å². The van der Waals surface area contributed by atoms with Gasteiger partial charge in [0.05, 0.1) is 7.11 Å². The van der Waals surface area contributed by atoms with Crippen LogP contribution in [0, 0.1) is 0 Å². The van der Waals surface area contributed by atoms with Crippen molar-refractivity contribution in [1.29, 1.82) is 0 Å². The molecule has 0 aliphatic carbocycles. The number of methoxy groups -OCH3 is 1. The van der Waals surface area contributed by atoms with Gasteiger partial charge in [-0.3, -0.25) is 4.79 Å². The van der Waals surface area contributed by atoms with E-state index >= 15 is 0 Å². The van der Waals surface area contributed by atoms with E-state index in [2.05, 4.69) is 4.98 Å². The highest BCUT2D eigenvalue weighted by Gasteiger charge is 2.14. The predicted molar refractivity (Wildman–Crippen MR) is 84.3 cm³/mol. The second-order valence-corrected chi connectivity index (χ2v) is 5.24.